The van der Waals surface area contributed by atoms with Crippen molar-refractivity contribution >= 4 is 10.0 Å². The van der Waals surface area contributed by atoms with Crippen molar-refractivity contribution < 1.29 is 17.9 Å². The average Bonchev–Trinajstić information content (AvgIpc) is 2.34. The minimum Gasteiger partial charge on any atom is -0.392 e. The molecule has 0 aliphatic rings. The van der Waals surface area contributed by atoms with E-state index in [1.165, 1.54) is 6.07 Å². The molecule has 0 bridgehead atoms. The third-order valence-corrected chi connectivity index (χ3v) is 4.04. The molecule has 0 fully saturated rings. The number of sulfonamides is 1. The Bertz CT molecular complexity index is 518. The van der Waals surface area contributed by atoms with E-state index in [9.17, 15) is 12.8 Å². The summed E-state index contributed by atoms with van der Waals surface area (Å²) in [4.78, 5) is 1.54. The minimum atomic E-state index is -3.84. The molecule has 5 nitrogen and oxygen atoms in total. The van der Waals surface area contributed by atoms with Crippen molar-refractivity contribution in [3.63, 3.8) is 0 Å². The zero-order valence-electron chi connectivity index (χ0n) is 11.1. The van der Waals surface area contributed by atoms with Crippen LogP contribution < -0.4 is 4.72 Å². The van der Waals surface area contributed by atoms with Gasteiger partial charge in [0.05, 0.1) is 6.61 Å². The highest BCUT2D eigenvalue weighted by Gasteiger charge is 2.18. The highest BCUT2D eigenvalue weighted by atomic mass is 32.2. The largest absolute Gasteiger partial charge is 0.392 e. The maximum atomic E-state index is 13.6. The Labute approximate surface area is 113 Å². The van der Waals surface area contributed by atoms with Crippen LogP contribution in [0.3, 0.4) is 0 Å². The molecule has 0 heterocycles. The topological polar surface area (TPSA) is 69.6 Å². The van der Waals surface area contributed by atoms with Crippen LogP contribution in [0.15, 0.2) is 23.1 Å². The molecule has 0 unspecified atom stereocenters. The summed E-state index contributed by atoms with van der Waals surface area (Å²) in [6.45, 7) is 0.670. The summed E-state index contributed by atoms with van der Waals surface area (Å²) in [7, 11) is -0.0577. The maximum absolute atomic E-state index is 13.6. The number of halogens is 1. The fourth-order valence-corrected chi connectivity index (χ4v) is 2.67. The summed E-state index contributed by atoms with van der Waals surface area (Å²) in [5.41, 5.74) is 0.337. The van der Waals surface area contributed by atoms with Gasteiger partial charge in [0.15, 0.2) is 0 Å². The molecule has 19 heavy (non-hydrogen) atoms. The Morgan fingerprint density at radius 1 is 1.37 bits per heavy atom. The van der Waals surface area contributed by atoms with Crippen LogP contribution in [0.5, 0.6) is 0 Å². The normalized spacial score (nSPS) is 12.1. The van der Waals surface area contributed by atoms with Gasteiger partial charge in [0.1, 0.15) is 10.7 Å². The van der Waals surface area contributed by atoms with Crippen LogP contribution in [-0.2, 0) is 16.6 Å². The van der Waals surface area contributed by atoms with Gasteiger partial charge in [-0.05, 0) is 44.8 Å². The monoisotopic (exact) mass is 290 g/mol. The first kappa shape index (κ1) is 16.0. The van der Waals surface area contributed by atoms with Crippen molar-refractivity contribution in [3.8, 4) is 0 Å². The van der Waals surface area contributed by atoms with Crippen LogP contribution in [-0.4, -0.2) is 45.6 Å². The van der Waals surface area contributed by atoms with Crippen molar-refractivity contribution in [2.45, 2.75) is 17.9 Å². The van der Waals surface area contributed by atoms with Gasteiger partial charge in [-0.15, -0.1) is 0 Å². The Hall–Kier alpha value is -1.02. The first-order valence-electron chi connectivity index (χ1n) is 5.90. The summed E-state index contributed by atoms with van der Waals surface area (Å²) < 4.78 is 39.7. The molecular weight excluding hydrogens is 271 g/mol. The van der Waals surface area contributed by atoms with Gasteiger partial charge in [-0.25, -0.2) is 17.5 Å². The number of nitrogens with zero attached hydrogens (tertiary/aromatic N) is 1. The molecule has 0 aliphatic heterocycles. The standard InChI is InChI=1S/C12H19FN2O3S/c1-15(2)7-3-6-14-19(17,18)12-5-4-10(9-16)8-11(12)13/h4-5,8,14,16H,3,6-7,9H2,1-2H3. The Kier molecular flexibility index (Phi) is 5.86. The quantitative estimate of drug-likeness (QED) is 0.720. The van der Waals surface area contributed by atoms with E-state index in [4.69, 9.17) is 5.11 Å². The van der Waals surface area contributed by atoms with Gasteiger partial charge in [0.2, 0.25) is 10.0 Å². The lowest BCUT2D eigenvalue weighted by Gasteiger charge is -2.11. The number of rotatable bonds is 7. The summed E-state index contributed by atoms with van der Waals surface area (Å²) in [5, 5.41) is 8.84. The van der Waals surface area contributed by atoms with Crippen LogP contribution in [0.25, 0.3) is 0 Å². The summed E-state index contributed by atoms with van der Waals surface area (Å²) in [6.07, 6.45) is 0.641. The van der Waals surface area contributed by atoms with E-state index in [0.717, 1.165) is 18.7 Å². The van der Waals surface area contributed by atoms with E-state index >= 15 is 0 Å². The Morgan fingerprint density at radius 2 is 2.05 bits per heavy atom. The SMILES string of the molecule is CN(C)CCCNS(=O)(=O)c1ccc(CO)cc1F. The van der Waals surface area contributed by atoms with Gasteiger partial charge < -0.3 is 10.0 Å². The van der Waals surface area contributed by atoms with E-state index in [1.54, 1.807) is 0 Å². The zero-order chi connectivity index (χ0) is 14.5. The number of hydrogen-bond donors (Lipinski definition) is 2. The number of aliphatic hydroxyl groups excluding tert-OH is 1. The molecule has 1 aromatic carbocycles. The van der Waals surface area contributed by atoms with Gasteiger partial charge in [0.25, 0.3) is 0 Å². The number of benzene rings is 1. The van der Waals surface area contributed by atoms with E-state index in [0.29, 0.717) is 12.0 Å². The highest BCUT2D eigenvalue weighted by molar-refractivity contribution is 7.89. The molecule has 1 aromatic rings. The molecule has 7 heteroatoms. The van der Waals surface area contributed by atoms with E-state index < -0.39 is 20.7 Å². The van der Waals surface area contributed by atoms with Crippen molar-refractivity contribution in [3.05, 3.63) is 29.6 Å². The van der Waals surface area contributed by atoms with Crippen molar-refractivity contribution in [1.82, 2.24) is 9.62 Å². The number of nitrogens with one attached hydrogen (secondary N) is 1. The lowest BCUT2D eigenvalue weighted by Crippen LogP contribution is -2.28. The molecule has 0 aliphatic carbocycles. The van der Waals surface area contributed by atoms with Crippen molar-refractivity contribution in [2.24, 2.45) is 0 Å². The lowest BCUT2D eigenvalue weighted by atomic mass is 10.2. The fraction of sp³-hybridized carbons (Fsp3) is 0.500. The number of hydrogen-bond acceptors (Lipinski definition) is 4. The third-order valence-electron chi connectivity index (χ3n) is 2.54. The fourth-order valence-electron chi connectivity index (χ4n) is 1.54. The van der Waals surface area contributed by atoms with Crippen LogP contribution in [0.4, 0.5) is 4.39 Å². The molecule has 0 aromatic heterocycles. The summed E-state index contributed by atoms with van der Waals surface area (Å²) in [6, 6.07) is 3.57. The van der Waals surface area contributed by atoms with Gasteiger partial charge in [-0.2, -0.15) is 0 Å². The second-order valence-corrected chi connectivity index (χ2v) is 6.21. The summed E-state index contributed by atoms with van der Waals surface area (Å²) in [5.74, 6) is -0.855. The first-order chi connectivity index (χ1) is 8.86. The molecule has 1 rings (SSSR count). The van der Waals surface area contributed by atoms with Crippen LogP contribution in [0, 0.1) is 5.82 Å². The molecule has 0 atom stereocenters. The van der Waals surface area contributed by atoms with Gasteiger partial charge >= 0.3 is 0 Å². The van der Waals surface area contributed by atoms with Crippen molar-refractivity contribution in [1.29, 1.82) is 0 Å². The second kappa shape index (κ2) is 6.95. The molecule has 0 amide bonds. The van der Waals surface area contributed by atoms with E-state index in [-0.39, 0.29) is 13.2 Å². The van der Waals surface area contributed by atoms with Crippen LogP contribution in [0.1, 0.15) is 12.0 Å². The molecule has 108 valence electrons. The van der Waals surface area contributed by atoms with E-state index in [2.05, 4.69) is 4.72 Å². The van der Waals surface area contributed by atoms with E-state index in [1.807, 2.05) is 19.0 Å². The molecular formula is C12H19FN2O3S. The average molecular weight is 290 g/mol. The minimum absolute atomic E-state index is 0.252. The van der Waals surface area contributed by atoms with Crippen LogP contribution >= 0.6 is 0 Å². The van der Waals surface area contributed by atoms with Crippen LogP contribution in [0.2, 0.25) is 0 Å². The zero-order valence-corrected chi connectivity index (χ0v) is 11.9. The lowest BCUT2D eigenvalue weighted by molar-refractivity contribution is 0.281. The second-order valence-electron chi connectivity index (χ2n) is 4.48. The predicted octanol–water partition coefficient (Wildman–Crippen LogP) is 0.548. The third kappa shape index (κ3) is 4.87. The Morgan fingerprint density at radius 3 is 2.58 bits per heavy atom. The van der Waals surface area contributed by atoms with Gasteiger partial charge in [-0.3, -0.25) is 0 Å². The predicted molar refractivity (Wildman–Crippen MR) is 70.7 cm³/mol. The molecule has 0 radical (unpaired) electrons. The van der Waals surface area contributed by atoms with Gasteiger partial charge in [0, 0.05) is 6.54 Å². The maximum Gasteiger partial charge on any atom is 0.243 e. The van der Waals surface area contributed by atoms with Gasteiger partial charge in [-0.1, -0.05) is 6.07 Å². The first-order valence-corrected chi connectivity index (χ1v) is 7.39. The molecule has 2 N–H and O–H groups in total. The molecule has 0 saturated heterocycles. The smallest absolute Gasteiger partial charge is 0.243 e. The molecule has 0 saturated carbocycles. The highest BCUT2D eigenvalue weighted by Crippen LogP contribution is 2.15. The van der Waals surface area contributed by atoms with Crippen molar-refractivity contribution in [2.75, 3.05) is 27.2 Å². The number of aliphatic hydroxyl groups is 1. The molecule has 0 spiro atoms. The Balaban J connectivity index is 2.72. The summed E-state index contributed by atoms with van der Waals surface area (Å²) >= 11 is 0.